The van der Waals surface area contributed by atoms with E-state index >= 15 is 0 Å². The number of ether oxygens (including phenoxy) is 1. The molecule has 1 aromatic heterocycles. The molecule has 0 unspecified atom stereocenters. The maximum absolute atomic E-state index is 13.5. The third-order valence-corrected chi connectivity index (χ3v) is 5.80. The summed E-state index contributed by atoms with van der Waals surface area (Å²) < 4.78 is 6.76. The lowest BCUT2D eigenvalue weighted by Gasteiger charge is -2.22. The van der Waals surface area contributed by atoms with Crippen LogP contribution in [0.2, 0.25) is 0 Å². The van der Waals surface area contributed by atoms with Crippen LogP contribution in [0.25, 0.3) is 11.0 Å². The molecule has 0 atom stereocenters. The Hall–Kier alpha value is -4.57. The van der Waals surface area contributed by atoms with Gasteiger partial charge in [-0.1, -0.05) is 24.1 Å². The minimum absolute atomic E-state index is 0.0983. The van der Waals surface area contributed by atoms with Crippen LogP contribution in [0.15, 0.2) is 72.8 Å². The van der Waals surface area contributed by atoms with Gasteiger partial charge in [0.25, 0.3) is 5.91 Å². The van der Waals surface area contributed by atoms with Crippen LogP contribution < -0.4 is 10.2 Å². The van der Waals surface area contributed by atoms with Crippen molar-refractivity contribution in [3.05, 3.63) is 89.7 Å². The highest BCUT2D eigenvalue weighted by molar-refractivity contribution is 6.07. The number of hydrogen-bond donors (Lipinski definition) is 1. The average molecular weight is 467 g/mol. The van der Waals surface area contributed by atoms with E-state index in [-0.39, 0.29) is 24.8 Å². The Morgan fingerprint density at radius 1 is 1.09 bits per heavy atom. The number of fused-ring (bicyclic) bond motifs is 1. The monoisotopic (exact) mass is 466 g/mol. The molecule has 0 saturated carbocycles. The Kier molecular flexibility index (Phi) is 7.12. The summed E-state index contributed by atoms with van der Waals surface area (Å²) in [5, 5.41) is 3.35. The van der Waals surface area contributed by atoms with E-state index in [9.17, 15) is 9.59 Å². The van der Waals surface area contributed by atoms with Gasteiger partial charge in [-0.2, -0.15) is 0 Å². The van der Waals surface area contributed by atoms with Crippen LogP contribution in [0.1, 0.15) is 28.2 Å². The number of rotatable bonds is 8. The highest BCUT2D eigenvalue weighted by atomic mass is 16.5. The third kappa shape index (κ3) is 5.33. The number of amides is 1. The number of terminal acetylenes is 1. The first-order chi connectivity index (χ1) is 17.0. The van der Waals surface area contributed by atoms with E-state index in [1.165, 1.54) is 7.11 Å². The van der Waals surface area contributed by atoms with E-state index in [0.717, 1.165) is 28.1 Å². The number of carbonyl (C=O) groups is 2. The van der Waals surface area contributed by atoms with Crippen molar-refractivity contribution in [2.24, 2.45) is 7.05 Å². The molecule has 1 amide bonds. The van der Waals surface area contributed by atoms with Crippen molar-refractivity contribution in [1.29, 1.82) is 0 Å². The minimum atomic E-state index is -0.370. The molecule has 1 N–H and O–H groups in total. The number of nitrogens with one attached hydrogen (secondary N) is 1. The number of methoxy groups -OCH3 is 1. The van der Waals surface area contributed by atoms with Crippen LogP contribution in [0.4, 0.5) is 11.4 Å². The lowest BCUT2D eigenvalue weighted by Crippen LogP contribution is -2.33. The zero-order chi connectivity index (χ0) is 24.8. The maximum Gasteiger partial charge on any atom is 0.307 e. The van der Waals surface area contributed by atoms with Gasteiger partial charge in [-0.25, -0.2) is 4.98 Å². The molecule has 7 nitrogen and oxygen atoms in total. The first kappa shape index (κ1) is 23.6. The van der Waals surface area contributed by atoms with Crippen molar-refractivity contribution in [2.75, 3.05) is 23.9 Å². The van der Waals surface area contributed by atoms with Crippen LogP contribution in [0, 0.1) is 12.3 Å². The molecule has 35 heavy (non-hydrogen) atoms. The summed E-state index contributed by atoms with van der Waals surface area (Å²) in [7, 11) is 3.28. The molecule has 4 aromatic rings. The zero-order valence-electron chi connectivity index (χ0n) is 19.7. The first-order valence-corrected chi connectivity index (χ1v) is 11.2. The Balaban J connectivity index is 1.57. The molecule has 7 heteroatoms. The summed E-state index contributed by atoms with van der Waals surface area (Å²) in [6.07, 6.45) is 5.52. The van der Waals surface area contributed by atoms with Gasteiger partial charge in [0.05, 0.1) is 31.1 Å². The molecule has 0 aliphatic rings. The lowest BCUT2D eigenvalue weighted by molar-refractivity contribution is -0.140. The molecule has 0 fully saturated rings. The van der Waals surface area contributed by atoms with Gasteiger partial charge in [0, 0.05) is 36.1 Å². The fourth-order valence-electron chi connectivity index (χ4n) is 3.82. The van der Waals surface area contributed by atoms with Crippen LogP contribution in [-0.2, 0) is 23.1 Å². The summed E-state index contributed by atoms with van der Waals surface area (Å²) in [6, 6.07) is 22.4. The summed E-state index contributed by atoms with van der Waals surface area (Å²) in [5.74, 6) is 2.86. The van der Waals surface area contributed by atoms with Crippen LogP contribution in [0.5, 0.6) is 0 Å². The van der Waals surface area contributed by atoms with E-state index in [2.05, 4.69) is 11.2 Å². The number of imidazole rings is 1. The molecule has 0 spiro atoms. The van der Waals surface area contributed by atoms with Gasteiger partial charge in [0.1, 0.15) is 5.82 Å². The van der Waals surface area contributed by atoms with Gasteiger partial charge >= 0.3 is 5.97 Å². The second-order valence-corrected chi connectivity index (χ2v) is 7.98. The van der Waals surface area contributed by atoms with E-state index < -0.39 is 0 Å². The number of hydrogen-bond acceptors (Lipinski definition) is 5. The molecule has 0 radical (unpaired) electrons. The predicted octanol–water partition coefficient (Wildman–Crippen LogP) is 4.38. The summed E-state index contributed by atoms with van der Waals surface area (Å²) in [6.45, 7) is 0.725. The number of para-hydroxylation sites is 1. The summed E-state index contributed by atoms with van der Waals surface area (Å²) in [4.78, 5) is 31.5. The van der Waals surface area contributed by atoms with Gasteiger partial charge in [-0.15, -0.1) is 6.42 Å². The topological polar surface area (TPSA) is 76.5 Å². The fourth-order valence-corrected chi connectivity index (χ4v) is 3.82. The molecule has 0 bridgehead atoms. The highest BCUT2D eigenvalue weighted by Crippen LogP contribution is 2.22. The van der Waals surface area contributed by atoms with Gasteiger partial charge < -0.3 is 19.5 Å². The van der Waals surface area contributed by atoms with Crippen LogP contribution in [-0.4, -0.2) is 35.1 Å². The molecule has 176 valence electrons. The van der Waals surface area contributed by atoms with E-state index in [1.54, 1.807) is 17.0 Å². The fraction of sp³-hybridized carbons (Fsp3) is 0.179. The van der Waals surface area contributed by atoms with Gasteiger partial charge in [-0.3, -0.25) is 9.59 Å². The van der Waals surface area contributed by atoms with Crippen molar-refractivity contribution in [3.8, 4) is 12.3 Å². The Labute approximate surface area is 204 Å². The van der Waals surface area contributed by atoms with Crippen molar-refractivity contribution in [1.82, 2.24) is 9.55 Å². The maximum atomic E-state index is 13.5. The zero-order valence-corrected chi connectivity index (χ0v) is 19.7. The van der Waals surface area contributed by atoms with Gasteiger partial charge in [-0.05, 0) is 54.6 Å². The molecule has 0 aliphatic carbocycles. The largest absolute Gasteiger partial charge is 0.469 e. The Bertz CT molecular complexity index is 1390. The number of aryl methyl sites for hydroxylation is 1. The SMILES string of the molecule is C#Cc1ccc(NCc2nc3cc(C(=O)N(CCC(=O)OC)c4ccccc4)ccc3n2C)cc1. The number of aromatic nitrogens is 2. The van der Waals surface area contributed by atoms with Crippen molar-refractivity contribution < 1.29 is 14.3 Å². The minimum Gasteiger partial charge on any atom is -0.469 e. The highest BCUT2D eigenvalue weighted by Gasteiger charge is 2.20. The summed E-state index contributed by atoms with van der Waals surface area (Å²) in [5.41, 5.74) is 4.61. The molecule has 3 aromatic carbocycles. The molecular weight excluding hydrogens is 440 g/mol. The van der Waals surface area contributed by atoms with E-state index in [1.807, 2.05) is 72.3 Å². The third-order valence-electron chi connectivity index (χ3n) is 5.80. The van der Waals surface area contributed by atoms with Crippen LogP contribution in [0.3, 0.4) is 0 Å². The lowest BCUT2D eigenvalue weighted by atomic mass is 10.1. The molecule has 0 aliphatic heterocycles. The van der Waals surface area contributed by atoms with E-state index in [0.29, 0.717) is 17.8 Å². The van der Waals surface area contributed by atoms with Crippen molar-refractivity contribution >= 4 is 34.3 Å². The van der Waals surface area contributed by atoms with Crippen LogP contribution >= 0.6 is 0 Å². The first-order valence-electron chi connectivity index (χ1n) is 11.2. The number of nitrogens with zero attached hydrogens (tertiary/aromatic N) is 3. The van der Waals surface area contributed by atoms with Gasteiger partial charge in [0.15, 0.2) is 0 Å². The molecular formula is C28H26N4O3. The number of esters is 1. The normalized spacial score (nSPS) is 10.5. The second kappa shape index (κ2) is 10.6. The number of benzene rings is 3. The predicted molar refractivity (Wildman–Crippen MR) is 137 cm³/mol. The second-order valence-electron chi connectivity index (χ2n) is 7.98. The van der Waals surface area contributed by atoms with Gasteiger partial charge in [0.2, 0.25) is 0 Å². The number of carbonyl (C=O) groups excluding carboxylic acids is 2. The molecule has 4 rings (SSSR count). The summed E-state index contributed by atoms with van der Waals surface area (Å²) >= 11 is 0. The Morgan fingerprint density at radius 3 is 2.51 bits per heavy atom. The standard InChI is InChI=1S/C28H26N4O3/c1-4-20-10-13-22(14-11-20)29-19-26-30-24-18-21(12-15-25(24)31(26)2)28(34)32(17-16-27(33)35-3)23-8-6-5-7-9-23/h1,5-15,18,29H,16-17,19H2,2-3H3. The van der Waals surface area contributed by atoms with Crippen molar-refractivity contribution in [3.63, 3.8) is 0 Å². The quantitative estimate of drug-likeness (QED) is 0.308. The number of anilines is 2. The van der Waals surface area contributed by atoms with Crippen molar-refractivity contribution in [2.45, 2.75) is 13.0 Å². The van der Waals surface area contributed by atoms with E-state index in [4.69, 9.17) is 16.1 Å². The average Bonchev–Trinajstić information content (AvgIpc) is 3.22. The molecule has 1 heterocycles. The Morgan fingerprint density at radius 2 is 1.83 bits per heavy atom. The smallest absolute Gasteiger partial charge is 0.307 e. The molecule has 0 saturated heterocycles.